The topological polar surface area (TPSA) is 29.3 Å². The molecule has 16 heavy (non-hydrogen) atoms. The van der Waals surface area contributed by atoms with E-state index in [4.69, 9.17) is 17.3 Å². The molecule has 0 aromatic heterocycles. The zero-order valence-corrected chi connectivity index (χ0v) is 10.5. The van der Waals surface area contributed by atoms with Gasteiger partial charge >= 0.3 is 0 Å². The first-order chi connectivity index (χ1) is 7.72. The fraction of sp³-hybridized carbons (Fsp3) is 0.538. The van der Waals surface area contributed by atoms with Crippen molar-refractivity contribution in [2.24, 2.45) is 5.73 Å². The van der Waals surface area contributed by atoms with Crippen LogP contribution in [0.1, 0.15) is 24.8 Å². The van der Waals surface area contributed by atoms with Crippen LogP contribution in [0.25, 0.3) is 0 Å². The van der Waals surface area contributed by atoms with E-state index in [1.807, 2.05) is 6.92 Å². The van der Waals surface area contributed by atoms with Gasteiger partial charge in [-0.05, 0) is 50.4 Å². The lowest BCUT2D eigenvalue weighted by atomic mass is 10.1. The molecular formula is C13H19ClN2. The van der Waals surface area contributed by atoms with Crippen molar-refractivity contribution in [3.05, 3.63) is 28.8 Å². The quantitative estimate of drug-likeness (QED) is 0.877. The number of hydrogen-bond acceptors (Lipinski definition) is 2. The Morgan fingerprint density at radius 1 is 1.50 bits per heavy atom. The second-order valence-corrected chi connectivity index (χ2v) is 4.91. The highest BCUT2D eigenvalue weighted by atomic mass is 35.5. The first-order valence-corrected chi connectivity index (χ1v) is 6.33. The summed E-state index contributed by atoms with van der Waals surface area (Å²) < 4.78 is 0. The molecule has 0 spiro atoms. The molecule has 1 heterocycles. The molecule has 1 aromatic rings. The highest BCUT2D eigenvalue weighted by molar-refractivity contribution is 6.31. The van der Waals surface area contributed by atoms with Crippen molar-refractivity contribution in [3.8, 4) is 0 Å². The minimum absolute atomic E-state index is 0.601. The van der Waals surface area contributed by atoms with Crippen LogP contribution < -0.4 is 10.6 Å². The number of hydrogen-bond donors (Lipinski definition) is 1. The van der Waals surface area contributed by atoms with Crippen molar-refractivity contribution in [1.82, 2.24) is 0 Å². The Morgan fingerprint density at radius 2 is 2.31 bits per heavy atom. The van der Waals surface area contributed by atoms with E-state index in [1.54, 1.807) is 0 Å². The largest absolute Gasteiger partial charge is 0.368 e. The van der Waals surface area contributed by atoms with Gasteiger partial charge in [-0.25, -0.2) is 0 Å². The van der Waals surface area contributed by atoms with Gasteiger partial charge in [-0.3, -0.25) is 0 Å². The van der Waals surface area contributed by atoms with Crippen LogP contribution in [0.4, 0.5) is 5.69 Å². The monoisotopic (exact) mass is 238 g/mol. The summed E-state index contributed by atoms with van der Waals surface area (Å²) in [6.07, 6.45) is 3.59. The average Bonchev–Trinajstić information content (AvgIpc) is 2.71. The van der Waals surface area contributed by atoms with Gasteiger partial charge in [-0.1, -0.05) is 17.7 Å². The molecule has 0 aliphatic carbocycles. The van der Waals surface area contributed by atoms with Gasteiger partial charge < -0.3 is 10.6 Å². The van der Waals surface area contributed by atoms with Crippen LogP contribution in [-0.2, 0) is 0 Å². The van der Waals surface area contributed by atoms with E-state index in [-0.39, 0.29) is 0 Å². The van der Waals surface area contributed by atoms with Gasteiger partial charge in [0, 0.05) is 23.3 Å². The Kier molecular flexibility index (Phi) is 3.72. The van der Waals surface area contributed by atoms with E-state index in [1.165, 1.54) is 18.5 Å². The van der Waals surface area contributed by atoms with E-state index in [2.05, 4.69) is 23.1 Å². The van der Waals surface area contributed by atoms with Crippen molar-refractivity contribution in [2.45, 2.75) is 32.2 Å². The summed E-state index contributed by atoms with van der Waals surface area (Å²) in [5, 5.41) is 0.857. The van der Waals surface area contributed by atoms with Crippen LogP contribution >= 0.6 is 11.6 Å². The molecule has 1 fully saturated rings. The molecule has 1 aliphatic heterocycles. The fourth-order valence-electron chi connectivity index (χ4n) is 2.43. The van der Waals surface area contributed by atoms with Crippen LogP contribution in [0.5, 0.6) is 0 Å². The SMILES string of the molecule is Cc1ccc(N2CCCC2CCN)cc1Cl. The van der Waals surface area contributed by atoms with Gasteiger partial charge in [0.2, 0.25) is 0 Å². The molecule has 0 saturated carbocycles. The summed E-state index contributed by atoms with van der Waals surface area (Å²) in [7, 11) is 0. The standard InChI is InChI=1S/C13H19ClN2/c1-10-4-5-12(9-13(10)14)16-8-2-3-11(16)6-7-15/h4-5,9,11H,2-3,6-8,15H2,1H3. The van der Waals surface area contributed by atoms with Crippen LogP contribution in [0.2, 0.25) is 5.02 Å². The number of nitrogens with two attached hydrogens (primary N) is 1. The maximum absolute atomic E-state index is 6.17. The summed E-state index contributed by atoms with van der Waals surface area (Å²) >= 11 is 6.17. The van der Waals surface area contributed by atoms with Crippen LogP contribution in [0, 0.1) is 6.92 Å². The number of aryl methyl sites for hydroxylation is 1. The molecule has 1 saturated heterocycles. The third-order valence-corrected chi connectivity index (χ3v) is 3.77. The van der Waals surface area contributed by atoms with Gasteiger partial charge in [0.1, 0.15) is 0 Å². The summed E-state index contributed by atoms with van der Waals surface area (Å²) in [6.45, 7) is 3.93. The fourth-order valence-corrected chi connectivity index (χ4v) is 2.60. The van der Waals surface area contributed by atoms with Crippen LogP contribution in [-0.4, -0.2) is 19.1 Å². The van der Waals surface area contributed by atoms with E-state index >= 15 is 0 Å². The van der Waals surface area contributed by atoms with Crippen LogP contribution in [0.15, 0.2) is 18.2 Å². The molecule has 1 unspecified atom stereocenters. The number of nitrogens with zero attached hydrogens (tertiary/aromatic N) is 1. The molecule has 1 aromatic carbocycles. The summed E-state index contributed by atoms with van der Waals surface area (Å²) in [5.41, 5.74) is 8.03. The summed E-state index contributed by atoms with van der Waals surface area (Å²) in [4.78, 5) is 2.44. The second kappa shape index (κ2) is 5.07. The zero-order valence-electron chi connectivity index (χ0n) is 9.75. The average molecular weight is 239 g/mol. The summed E-state index contributed by atoms with van der Waals surface area (Å²) in [5.74, 6) is 0. The molecule has 1 aliphatic rings. The second-order valence-electron chi connectivity index (χ2n) is 4.50. The number of benzene rings is 1. The smallest absolute Gasteiger partial charge is 0.0455 e. The van der Waals surface area contributed by atoms with Gasteiger partial charge in [0.15, 0.2) is 0 Å². The van der Waals surface area contributed by atoms with Crippen molar-refractivity contribution in [3.63, 3.8) is 0 Å². The molecule has 1 atom stereocenters. The molecule has 2 rings (SSSR count). The number of anilines is 1. The molecule has 0 bridgehead atoms. The lowest BCUT2D eigenvalue weighted by Gasteiger charge is -2.27. The molecule has 88 valence electrons. The van der Waals surface area contributed by atoms with Crippen molar-refractivity contribution in [1.29, 1.82) is 0 Å². The van der Waals surface area contributed by atoms with Crippen molar-refractivity contribution >= 4 is 17.3 Å². The minimum Gasteiger partial charge on any atom is -0.368 e. The third kappa shape index (κ3) is 2.33. The number of halogens is 1. The lowest BCUT2D eigenvalue weighted by Crippen LogP contribution is -2.31. The molecule has 0 amide bonds. The van der Waals surface area contributed by atoms with E-state index < -0.39 is 0 Å². The zero-order chi connectivity index (χ0) is 11.5. The van der Waals surface area contributed by atoms with E-state index in [9.17, 15) is 0 Å². The Labute approximate surface area is 102 Å². The van der Waals surface area contributed by atoms with Gasteiger partial charge in [-0.2, -0.15) is 0 Å². The van der Waals surface area contributed by atoms with Gasteiger partial charge in [0.05, 0.1) is 0 Å². The third-order valence-electron chi connectivity index (χ3n) is 3.36. The van der Waals surface area contributed by atoms with E-state index in [0.29, 0.717) is 6.04 Å². The van der Waals surface area contributed by atoms with Crippen molar-refractivity contribution < 1.29 is 0 Å². The molecule has 2 nitrogen and oxygen atoms in total. The molecule has 3 heteroatoms. The van der Waals surface area contributed by atoms with Gasteiger partial charge in [-0.15, -0.1) is 0 Å². The van der Waals surface area contributed by atoms with Crippen LogP contribution in [0.3, 0.4) is 0 Å². The molecular weight excluding hydrogens is 220 g/mol. The Bertz CT molecular complexity index is 365. The first kappa shape index (κ1) is 11.7. The maximum atomic E-state index is 6.17. The highest BCUT2D eigenvalue weighted by Crippen LogP contribution is 2.30. The minimum atomic E-state index is 0.601. The summed E-state index contributed by atoms with van der Waals surface area (Å²) in [6, 6.07) is 6.93. The molecule has 2 N–H and O–H groups in total. The van der Waals surface area contributed by atoms with Crippen molar-refractivity contribution in [2.75, 3.05) is 18.0 Å². The Hall–Kier alpha value is -0.730. The normalized spacial score (nSPS) is 20.4. The Morgan fingerprint density at radius 3 is 3.00 bits per heavy atom. The maximum Gasteiger partial charge on any atom is 0.0455 e. The molecule has 0 radical (unpaired) electrons. The van der Waals surface area contributed by atoms with E-state index in [0.717, 1.165) is 30.1 Å². The highest BCUT2D eigenvalue weighted by Gasteiger charge is 2.23. The first-order valence-electron chi connectivity index (χ1n) is 5.95. The predicted octanol–water partition coefficient (Wildman–Crippen LogP) is 2.97. The van der Waals surface area contributed by atoms with Gasteiger partial charge in [0.25, 0.3) is 0 Å². The Balaban J connectivity index is 2.19. The number of rotatable bonds is 3. The predicted molar refractivity (Wildman–Crippen MR) is 70.2 cm³/mol. The lowest BCUT2D eigenvalue weighted by molar-refractivity contribution is 0.618.